The normalized spacial score (nSPS) is 33.2. The number of nitrogens with zero attached hydrogens (tertiary/aromatic N) is 1. The van der Waals surface area contributed by atoms with Crippen LogP contribution in [0.2, 0.25) is 0 Å². The minimum absolute atomic E-state index is 0.154. The quantitative estimate of drug-likeness (QED) is 0.893. The summed E-state index contributed by atoms with van der Waals surface area (Å²) < 4.78 is 5.96. The molecule has 2 heterocycles. The molecule has 1 saturated heterocycles. The molecule has 0 spiro atoms. The van der Waals surface area contributed by atoms with Crippen molar-refractivity contribution in [3.05, 3.63) is 16.1 Å². The van der Waals surface area contributed by atoms with Gasteiger partial charge >= 0.3 is 0 Å². The van der Waals surface area contributed by atoms with Crippen LogP contribution in [0.25, 0.3) is 0 Å². The third-order valence-electron chi connectivity index (χ3n) is 4.16. The first-order chi connectivity index (χ1) is 8.23. The van der Waals surface area contributed by atoms with Crippen molar-refractivity contribution in [2.75, 3.05) is 13.2 Å². The molecule has 1 aromatic rings. The lowest BCUT2D eigenvalue weighted by atomic mass is 9.75. The average molecular weight is 252 g/mol. The lowest BCUT2D eigenvalue weighted by Gasteiger charge is -2.32. The van der Waals surface area contributed by atoms with Crippen LogP contribution in [-0.4, -0.2) is 24.2 Å². The molecule has 2 unspecified atom stereocenters. The number of aryl methyl sites for hydroxylation is 1. The summed E-state index contributed by atoms with van der Waals surface area (Å²) in [4.78, 5) is 4.59. The second kappa shape index (κ2) is 4.34. The smallest absolute Gasteiger partial charge is 0.0897 e. The van der Waals surface area contributed by atoms with Gasteiger partial charge in [0.25, 0.3) is 0 Å². The van der Waals surface area contributed by atoms with Crippen LogP contribution in [0, 0.1) is 18.3 Å². The predicted octanol–water partition coefficient (Wildman–Crippen LogP) is 2.14. The van der Waals surface area contributed by atoms with E-state index in [1.54, 1.807) is 11.3 Å². The van der Waals surface area contributed by atoms with E-state index in [1.165, 1.54) is 18.5 Å². The van der Waals surface area contributed by atoms with Crippen LogP contribution in [0.15, 0.2) is 5.38 Å². The standard InChI is InChI=1S/C13H20N2OS/c1-9-15-11(7-17-9)6-13(8-14)4-5-16-12(13)10-2-3-10/h7,10,12H,2-6,8,14H2,1H3. The fourth-order valence-corrected chi connectivity index (χ4v) is 3.69. The van der Waals surface area contributed by atoms with Gasteiger partial charge in [-0.25, -0.2) is 4.98 Å². The van der Waals surface area contributed by atoms with E-state index < -0.39 is 0 Å². The van der Waals surface area contributed by atoms with Crippen molar-refractivity contribution in [2.24, 2.45) is 17.1 Å². The van der Waals surface area contributed by atoms with Crippen LogP contribution in [0.1, 0.15) is 30.0 Å². The maximum absolute atomic E-state index is 6.08. The molecule has 0 radical (unpaired) electrons. The highest BCUT2D eigenvalue weighted by molar-refractivity contribution is 7.09. The number of aromatic nitrogens is 1. The summed E-state index contributed by atoms with van der Waals surface area (Å²) in [5, 5.41) is 3.32. The summed E-state index contributed by atoms with van der Waals surface area (Å²) in [6.07, 6.45) is 5.12. The number of nitrogens with two attached hydrogens (primary N) is 1. The van der Waals surface area contributed by atoms with Crippen molar-refractivity contribution in [3.63, 3.8) is 0 Å². The number of hydrogen-bond donors (Lipinski definition) is 1. The zero-order valence-electron chi connectivity index (χ0n) is 10.3. The first-order valence-corrected chi connectivity index (χ1v) is 7.34. The van der Waals surface area contributed by atoms with E-state index >= 15 is 0 Å². The summed E-state index contributed by atoms with van der Waals surface area (Å²) in [5.41, 5.74) is 7.43. The lowest BCUT2D eigenvalue weighted by molar-refractivity contribution is 0.0341. The highest BCUT2D eigenvalue weighted by Gasteiger charge is 2.50. The highest BCUT2D eigenvalue weighted by atomic mass is 32.1. The van der Waals surface area contributed by atoms with Gasteiger partial charge in [-0.05, 0) is 38.5 Å². The fourth-order valence-electron chi connectivity index (χ4n) is 3.07. The molecule has 0 bridgehead atoms. The molecule has 2 N–H and O–H groups in total. The van der Waals surface area contributed by atoms with E-state index in [0.717, 1.165) is 36.9 Å². The lowest BCUT2D eigenvalue weighted by Crippen LogP contribution is -2.41. The second-order valence-corrected chi connectivity index (χ2v) is 6.54. The summed E-state index contributed by atoms with van der Waals surface area (Å²) in [6.45, 7) is 3.67. The summed E-state index contributed by atoms with van der Waals surface area (Å²) >= 11 is 1.73. The highest BCUT2D eigenvalue weighted by Crippen LogP contribution is 2.48. The molecule has 3 rings (SSSR count). The van der Waals surface area contributed by atoms with Gasteiger partial charge in [0, 0.05) is 23.9 Å². The van der Waals surface area contributed by atoms with E-state index in [4.69, 9.17) is 10.5 Å². The van der Waals surface area contributed by atoms with E-state index in [2.05, 4.69) is 17.3 Å². The molecule has 2 fully saturated rings. The van der Waals surface area contributed by atoms with Gasteiger partial charge in [-0.15, -0.1) is 11.3 Å². The largest absolute Gasteiger partial charge is 0.377 e. The molecule has 17 heavy (non-hydrogen) atoms. The van der Waals surface area contributed by atoms with Gasteiger partial charge < -0.3 is 10.5 Å². The third-order valence-corrected chi connectivity index (χ3v) is 4.98. The Bertz CT molecular complexity index is 402. The van der Waals surface area contributed by atoms with Crippen molar-refractivity contribution >= 4 is 11.3 Å². The van der Waals surface area contributed by atoms with E-state index in [-0.39, 0.29) is 5.41 Å². The first-order valence-electron chi connectivity index (χ1n) is 6.46. The topological polar surface area (TPSA) is 48.1 Å². The third kappa shape index (κ3) is 2.14. The molecule has 3 nitrogen and oxygen atoms in total. The zero-order valence-corrected chi connectivity index (χ0v) is 11.1. The molecule has 2 aliphatic rings. The van der Waals surface area contributed by atoms with Crippen molar-refractivity contribution in [2.45, 2.75) is 38.7 Å². The minimum atomic E-state index is 0.154. The maximum atomic E-state index is 6.08. The summed E-state index contributed by atoms with van der Waals surface area (Å²) in [6, 6.07) is 0. The van der Waals surface area contributed by atoms with E-state index in [9.17, 15) is 0 Å². The molecule has 94 valence electrons. The molecular weight excluding hydrogens is 232 g/mol. The van der Waals surface area contributed by atoms with Crippen molar-refractivity contribution < 1.29 is 4.74 Å². The van der Waals surface area contributed by atoms with Crippen LogP contribution >= 0.6 is 11.3 Å². The monoisotopic (exact) mass is 252 g/mol. The second-order valence-electron chi connectivity index (χ2n) is 5.48. The minimum Gasteiger partial charge on any atom is -0.377 e. The molecule has 1 saturated carbocycles. The zero-order chi connectivity index (χ0) is 11.9. The Morgan fingerprint density at radius 2 is 2.41 bits per heavy atom. The van der Waals surface area contributed by atoms with Gasteiger partial charge in [-0.1, -0.05) is 0 Å². The fraction of sp³-hybridized carbons (Fsp3) is 0.769. The SMILES string of the molecule is Cc1nc(CC2(CN)CCOC2C2CC2)cs1. The number of ether oxygens (including phenoxy) is 1. The molecule has 2 atom stereocenters. The molecular formula is C13H20N2OS. The Balaban J connectivity index is 1.80. The van der Waals surface area contributed by atoms with E-state index in [0.29, 0.717) is 6.10 Å². The van der Waals surface area contributed by atoms with Gasteiger partial charge in [0.2, 0.25) is 0 Å². The Labute approximate surface area is 106 Å². The Morgan fingerprint density at radius 1 is 1.59 bits per heavy atom. The average Bonchev–Trinajstić information content (AvgIpc) is 2.96. The van der Waals surface area contributed by atoms with Crippen molar-refractivity contribution in [3.8, 4) is 0 Å². The van der Waals surface area contributed by atoms with Crippen LogP contribution in [0.3, 0.4) is 0 Å². The Kier molecular flexibility index (Phi) is 2.97. The number of thiazole rings is 1. The van der Waals surface area contributed by atoms with Gasteiger partial charge in [0.15, 0.2) is 0 Å². The molecule has 1 aliphatic heterocycles. The molecule has 1 aliphatic carbocycles. The van der Waals surface area contributed by atoms with Crippen LogP contribution in [0.4, 0.5) is 0 Å². The van der Waals surface area contributed by atoms with Crippen molar-refractivity contribution in [1.29, 1.82) is 0 Å². The Hall–Kier alpha value is -0.450. The molecule has 4 heteroatoms. The van der Waals surface area contributed by atoms with Crippen LogP contribution in [-0.2, 0) is 11.2 Å². The van der Waals surface area contributed by atoms with Crippen LogP contribution < -0.4 is 5.73 Å². The van der Waals surface area contributed by atoms with Crippen LogP contribution in [0.5, 0.6) is 0 Å². The van der Waals surface area contributed by atoms with Gasteiger partial charge in [-0.3, -0.25) is 0 Å². The number of rotatable bonds is 4. The Morgan fingerprint density at radius 3 is 3.00 bits per heavy atom. The summed E-state index contributed by atoms with van der Waals surface area (Å²) in [5.74, 6) is 0.765. The van der Waals surface area contributed by atoms with Gasteiger partial charge in [0.1, 0.15) is 0 Å². The molecule has 0 amide bonds. The number of hydrogen-bond acceptors (Lipinski definition) is 4. The molecule has 0 aromatic carbocycles. The maximum Gasteiger partial charge on any atom is 0.0897 e. The molecule has 1 aromatic heterocycles. The van der Waals surface area contributed by atoms with E-state index in [1.807, 2.05) is 0 Å². The predicted molar refractivity (Wildman–Crippen MR) is 69.1 cm³/mol. The van der Waals surface area contributed by atoms with Gasteiger partial charge in [0.05, 0.1) is 16.8 Å². The summed E-state index contributed by atoms with van der Waals surface area (Å²) in [7, 11) is 0. The first kappa shape index (κ1) is 11.6. The van der Waals surface area contributed by atoms with Gasteiger partial charge in [-0.2, -0.15) is 0 Å². The van der Waals surface area contributed by atoms with Crippen molar-refractivity contribution in [1.82, 2.24) is 4.98 Å².